The smallest absolute Gasteiger partial charge is 0.266 e. The summed E-state index contributed by atoms with van der Waals surface area (Å²) in [4.78, 5) is 17.7. The molecule has 0 amide bonds. The van der Waals surface area contributed by atoms with Gasteiger partial charge in [-0.2, -0.15) is 0 Å². The van der Waals surface area contributed by atoms with Crippen LogP contribution in [-0.2, 0) is 4.74 Å². The summed E-state index contributed by atoms with van der Waals surface area (Å²) in [5.74, 6) is 0.412. The maximum Gasteiger partial charge on any atom is 0.266 e. The van der Waals surface area contributed by atoms with Crippen LogP contribution in [0, 0.1) is 0 Å². The monoisotopic (exact) mass is 180 g/mol. The molecule has 1 saturated heterocycles. The quantitative estimate of drug-likeness (QED) is 0.690. The van der Waals surface area contributed by atoms with Crippen LogP contribution in [0.4, 0.5) is 0 Å². The molecule has 70 valence electrons. The first-order valence-corrected chi connectivity index (χ1v) is 4.48. The maximum absolute atomic E-state index is 11.0. The van der Waals surface area contributed by atoms with Crippen molar-refractivity contribution < 1.29 is 4.74 Å². The molecule has 1 aromatic rings. The van der Waals surface area contributed by atoms with Crippen LogP contribution in [-0.4, -0.2) is 23.2 Å². The molecule has 1 aromatic heterocycles. The first-order valence-electron chi connectivity index (χ1n) is 4.48. The van der Waals surface area contributed by atoms with Gasteiger partial charge in [-0.3, -0.25) is 9.78 Å². The molecule has 2 rings (SSSR count). The first kappa shape index (κ1) is 8.44. The van der Waals surface area contributed by atoms with E-state index in [1.54, 1.807) is 6.20 Å². The Morgan fingerprint density at radius 2 is 2.15 bits per heavy atom. The van der Waals surface area contributed by atoms with Crippen LogP contribution >= 0.6 is 0 Å². The number of aromatic nitrogens is 2. The Balaban J connectivity index is 2.19. The molecule has 0 aromatic carbocycles. The highest BCUT2D eigenvalue weighted by atomic mass is 16.5. The van der Waals surface area contributed by atoms with Crippen molar-refractivity contribution in [2.75, 3.05) is 13.2 Å². The van der Waals surface area contributed by atoms with Gasteiger partial charge in [-0.25, -0.2) is 0 Å². The number of hydrogen-bond acceptors (Lipinski definition) is 3. The van der Waals surface area contributed by atoms with Crippen LogP contribution in [0.2, 0.25) is 0 Å². The highest BCUT2D eigenvalue weighted by Gasteiger charge is 2.16. The van der Waals surface area contributed by atoms with E-state index >= 15 is 0 Å². The third-order valence-electron chi connectivity index (χ3n) is 2.33. The van der Waals surface area contributed by atoms with Gasteiger partial charge in [0.25, 0.3) is 5.56 Å². The molecule has 1 N–H and O–H groups in total. The fourth-order valence-electron chi connectivity index (χ4n) is 1.61. The Morgan fingerprint density at radius 1 is 1.38 bits per heavy atom. The highest BCUT2D eigenvalue weighted by Crippen LogP contribution is 2.23. The number of hydrogen-bond donors (Lipinski definition) is 1. The van der Waals surface area contributed by atoms with Crippen LogP contribution in [0.3, 0.4) is 0 Å². The van der Waals surface area contributed by atoms with Gasteiger partial charge in [0.05, 0.1) is 6.20 Å². The van der Waals surface area contributed by atoms with Gasteiger partial charge in [-0.1, -0.05) is 0 Å². The fraction of sp³-hybridized carbons (Fsp3) is 0.556. The summed E-state index contributed by atoms with van der Waals surface area (Å²) in [7, 11) is 0. The molecule has 0 spiro atoms. The molecular formula is C9H12N2O2. The Kier molecular flexibility index (Phi) is 2.40. The SMILES string of the molecule is O=c1cncc(C2CCOCC2)[nH]1. The summed E-state index contributed by atoms with van der Waals surface area (Å²) in [6.45, 7) is 1.56. The van der Waals surface area contributed by atoms with Crippen molar-refractivity contribution in [1.82, 2.24) is 9.97 Å². The number of ether oxygens (including phenoxy) is 1. The molecule has 4 heteroatoms. The second-order valence-electron chi connectivity index (χ2n) is 3.24. The molecule has 1 aliphatic rings. The van der Waals surface area contributed by atoms with Crippen molar-refractivity contribution in [1.29, 1.82) is 0 Å². The van der Waals surface area contributed by atoms with Crippen LogP contribution < -0.4 is 5.56 Å². The van der Waals surface area contributed by atoms with E-state index in [4.69, 9.17) is 4.74 Å². The molecule has 1 fully saturated rings. The van der Waals surface area contributed by atoms with E-state index < -0.39 is 0 Å². The molecule has 0 atom stereocenters. The minimum Gasteiger partial charge on any atom is -0.381 e. The van der Waals surface area contributed by atoms with Crippen molar-refractivity contribution >= 4 is 0 Å². The zero-order chi connectivity index (χ0) is 9.10. The normalized spacial score (nSPS) is 18.8. The molecule has 0 radical (unpaired) electrons. The van der Waals surface area contributed by atoms with Gasteiger partial charge < -0.3 is 9.72 Å². The second kappa shape index (κ2) is 3.70. The van der Waals surface area contributed by atoms with Crippen LogP contribution in [0.25, 0.3) is 0 Å². The molecule has 2 heterocycles. The van der Waals surface area contributed by atoms with Crippen molar-refractivity contribution in [2.45, 2.75) is 18.8 Å². The summed E-state index contributed by atoms with van der Waals surface area (Å²) < 4.78 is 5.24. The van der Waals surface area contributed by atoms with Gasteiger partial charge in [0.2, 0.25) is 0 Å². The number of nitrogens with one attached hydrogen (secondary N) is 1. The maximum atomic E-state index is 11.0. The summed E-state index contributed by atoms with van der Waals surface area (Å²) in [5, 5.41) is 0. The van der Waals surface area contributed by atoms with Crippen LogP contribution in [0.1, 0.15) is 24.5 Å². The minimum absolute atomic E-state index is 0.121. The zero-order valence-electron chi connectivity index (χ0n) is 7.32. The predicted molar refractivity (Wildman–Crippen MR) is 47.7 cm³/mol. The standard InChI is InChI=1S/C9H12N2O2/c12-9-6-10-5-8(11-9)7-1-3-13-4-2-7/h5-7H,1-4H2,(H,11,12). The number of H-pyrrole nitrogens is 1. The van der Waals surface area contributed by atoms with Gasteiger partial charge in [-0.15, -0.1) is 0 Å². The lowest BCUT2D eigenvalue weighted by Crippen LogP contribution is -2.18. The van der Waals surface area contributed by atoms with E-state index in [-0.39, 0.29) is 5.56 Å². The van der Waals surface area contributed by atoms with Crippen LogP contribution in [0.5, 0.6) is 0 Å². The lowest BCUT2D eigenvalue weighted by Gasteiger charge is -2.21. The van der Waals surface area contributed by atoms with E-state index in [1.165, 1.54) is 6.20 Å². The summed E-state index contributed by atoms with van der Waals surface area (Å²) >= 11 is 0. The van der Waals surface area contributed by atoms with E-state index in [2.05, 4.69) is 9.97 Å². The molecule has 0 unspecified atom stereocenters. The van der Waals surface area contributed by atoms with Crippen molar-refractivity contribution in [2.24, 2.45) is 0 Å². The van der Waals surface area contributed by atoms with E-state index in [0.29, 0.717) is 5.92 Å². The van der Waals surface area contributed by atoms with Crippen molar-refractivity contribution in [3.8, 4) is 0 Å². The van der Waals surface area contributed by atoms with Crippen LogP contribution in [0.15, 0.2) is 17.2 Å². The summed E-state index contributed by atoms with van der Waals surface area (Å²) in [6, 6.07) is 0. The van der Waals surface area contributed by atoms with Gasteiger partial charge in [-0.05, 0) is 12.8 Å². The van der Waals surface area contributed by atoms with Crippen molar-refractivity contribution in [3.05, 3.63) is 28.4 Å². The number of rotatable bonds is 1. The summed E-state index contributed by atoms with van der Waals surface area (Å²) in [6.07, 6.45) is 4.98. The van der Waals surface area contributed by atoms with Gasteiger partial charge >= 0.3 is 0 Å². The Morgan fingerprint density at radius 3 is 2.85 bits per heavy atom. The lowest BCUT2D eigenvalue weighted by atomic mass is 9.97. The Bertz CT molecular complexity index is 328. The second-order valence-corrected chi connectivity index (χ2v) is 3.24. The molecule has 0 aliphatic carbocycles. The number of aromatic amines is 1. The summed E-state index contributed by atoms with van der Waals surface area (Å²) in [5.41, 5.74) is 0.819. The first-order chi connectivity index (χ1) is 6.36. The number of nitrogens with zero attached hydrogens (tertiary/aromatic N) is 1. The van der Waals surface area contributed by atoms with Gasteiger partial charge in [0.15, 0.2) is 0 Å². The van der Waals surface area contributed by atoms with Gasteiger partial charge in [0.1, 0.15) is 0 Å². The minimum atomic E-state index is -0.121. The highest BCUT2D eigenvalue weighted by molar-refractivity contribution is 5.03. The average Bonchev–Trinajstić information content (AvgIpc) is 2.19. The zero-order valence-corrected chi connectivity index (χ0v) is 7.32. The van der Waals surface area contributed by atoms with E-state index in [0.717, 1.165) is 31.7 Å². The molecular weight excluding hydrogens is 168 g/mol. The molecule has 0 bridgehead atoms. The average molecular weight is 180 g/mol. The molecule has 0 saturated carbocycles. The van der Waals surface area contributed by atoms with Gasteiger partial charge in [0, 0.05) is 31.0 Å². The molecule has 1 aliphatic heterocycles. The topological polar surface area (TPSA) is 55.0 Å². The lowest BCUT2D eigenvalue weighted by molar-refractivity contribution is 0.0844. The predicted octanol–water partition coefficient (Wildman–Crippen LogP) is 0.664. The Hall–Kier alpha value is -1.16. The third kappa shape index (κ3) is 1.95. The largest absolute Gasteiger partial charge is 0.381 e. The molecule has 4 nitrogen and oxygen atoms in total. The van der Waals surface area contributed by atoms with E-state index in [9.17, 15) is 4.79 Å². The van der Waals surface area contributed by atoms with Crippen molar-refractivity contribution in [3.63, 3.8) is 0 Å². The Labute approximate surface area is 76.0 Å². The third-order valence-corrected chi connectivity index (χ3v) is 2.33. The fourth-order valence-corrected chi connectivity index (χ4v) is 1.61. The van der Waals surface area contributed by atoms with E-state index in [1.807, 2.05) is 0 Å². The molecule has 13 heavy (non-hydrogen) atoms.